The highest BCUT2D eigenvalue weighted by Gasteiger charge is 1.90. The molecule has 0 aromatic heterocycles. The van der Waals surface area contributed by atoms with E-state index < -0.39 is 0 Å². The van der Waals surface area contributed by atoms with Crippen LogP contribution in [0.4, 0.5) is 0 Å². The standard InChI is InChI=1S/C5H13N3/c1-5(6-2)8(4)7-3/h7H,1-4H3/b6-5-. The first kappa shape index (κ1) is 7.43. The first-order valence-corrected chi connectivity index (χ1v) is 2.57. The van der Waals surface area contributed by atoms with Crippen molar-refractivity contribution in [3.05, 3.63) is 0 Å². The molecule has 1 N–H and O–H groups in total. The van der Waals surface area contributed by atoms with E-state index in [1.807, 2.05) is 26.0 Å². The van der Waals surface area contributed by atoms with Gasteiger partial charge in [-0.1, -0.05) is 0 Å². The van der Waals surface area contributed by atoms with Gasteiger partial charge in [0.25, 0.3) is 0 Å². The van der Waals surface area contributed by atoms with Crippen LogP contribution in [0, 0.1) is 0 Å². The Balaban J connectivity index is 3.63. The van der Waals surface area contributed by atoms with Crippen LogP contribution in [-0.4, -0.2) is 32.0 Å². The number of rotatable bonds is 1. The fraction of sp³-hybridized carbons (Fsp3) is 0.800. The second kappa shape index (κ2) is 3.43. The van der Waals surface area contributed by atoms with Gasteiger partial charge in [-0.2, -0.15) is 0 Å². The third kappa shape index (κ3) is 1.93. The molecule has 3 nitrogen and oxygen atoms in total. The van der Waals surface area contributed by atoms with Crippen molar-refractivity contribution in [2.75, 3.05) is 21.1 Å². The van der Waals surface area contributed by atoms with E-state index in [-0.39, 0.29) is 0 Å². The van der Waals surface area contributed by atoms with Crippen LogP contribution in [0.3, 0.4) is 0 Å². The van der Waals surface area contributed by atoms with Crippen molar-refractivity contribution in [2.45, 2.75) is 6.92 Å². The molecule has 0 saturated heterocycles. The highest BCUT2D eigenvalue weighted by molar-refractivity contribution is 5.78. The van der Waals surface area contributed by atoms with E-state index in [1.165, 1.54) is 0 Å². The Morgan fingerprint density at radius 2 is 2.12 bits per heavy atom. The van der Waals surface area contributed by atoms with E-state index in [2.05, 4.69) is 10.4 Å². The molecule has 0 unspecified atom stereocenters. The lowest BCUT2D eigenvalue weighted by molar-refractivity contribution is 0.406. The normalized spacial score (nSPS) is 11.8. The van der Waals surface area contributed by atoms with Crippen molar-refractivity contribution in [3.63, 3.8) is 0 Å². The van der Waals surface area contributed by atoms with Crippen LogP contribution in [0.2, 0.25) is 0 Å². The predicted octanol–water partition coefficient (Wildman–Crippen LogP) is 0.101. The zero-order chi connectivity index (χ0) is 6.57. The molecule has 0 rings (SSSR count). The highest BCUT2D eigenvalue weighted by Crippen LogP contribution is 1.76. The number of nitrogens with one attached hydrogen (secondary N) is 1. The molecule has 0 amide bonds. The first-order chi connectivity index (χ1) is 3.72. The highest BCUT2D eigenvalue weighted by atomic mass is 15.5. The molecule has 0 aliphatic carbocycles. The summed E-state index contributed by atoms with van der Waals surface area (Å²) in [5, 5.41) is 1.85. The largest absolute Gasteiger partial charge is 0.300 e. The molecule has 0 aromatic carbocycles. The first-order valence-electron chi connectivity index (χ1n) is 2.57. The van der Waals surface area contributed by atoms with Crippen molar-refractivity contribution in [1.29, 1.82) is 0 Å². The van der Waals surface area contributed by atoms with Crippen molar-refractivity contribution in [2.24, 2.45) is 4.99 Å². The molecule has 48 valence electrons. The number of hydrogen-bond donors (Lipinski definition) is 1. The van der Waals surface area contributed by atoms with Gasteiger partial charge in [0.2, 0.25) is 0 Å². The van der Waals surface area contributed by atoms with E-state index in [4.69, 9.17) is 0 Å². The average Bonchev–Trinajstić information content (AvgIpc) is 1.84. The predicted molar refractivity (Wildman–Crippen MR) is 35.9 cm³/mol. The number of amidine groups is 1. The topological polar surface area (TPSA) is 27.6 Å². The summed E-state index contributed by atoms with van der Waals surface area (Å²) < 4.78 is 0. The minimum atomic E-state index is 0.979. The molecule has 0 bridgehead atoms. The minimum Gasteiger partial charge on any atom is -0.300 e. The Kier molecular flexibility index (Phi) is 3.19. The molecule has 8 heavy (non-hydrogen) atoms. The van der Waals surface area contributed by atoms with Gasteiger partial charge in [-0.05, 0) is 6.92 Å². The molecular formula is C5H13N3. The molecule has 0 saturated carbocycles. The molecule has 0 aromatic rings. The van der Waals surface area contributed by atoms with Crippen molar-refractivity contribution >= 4 is 5.84 Å². The summed E-state index contributed by atoms with van der Waals surface area (Å²) in [4.78, 5) is 3.94. The van der Waals surface area contributed by atoms with E-state index in [9.17, 15) is 0 Å². The summed E-state index contributed by atoms with van der Waals surface area (Å²) in [7, 11) is 5.54. The van der Waals surface area contributed by atoms with Gasteiger partial charge in [-0.15, -0.1) is 0 Å². The minimum absolute atomic E-state index is 0.979. The van der Waals surface area contributed by atoms with Crippen LogP contribution in [0.1, 0.15) is 6.92 Å². The Morgan fingerprint density at radius 3 is 2.25 bits per heavy atom. The summed E-state index contributed by atoms with van der Waals surface area (Å²) in [5.74, 6) is 0.979. The fourth-order valence-electron chi connectivity index (χ4n) is 0.312. The van der Waals surface area contributed by atoms with Gasteiger partial charge >= 0.3 is 0 Å². The second-order valence-electron chi connectivity index (χ2n) is 1.55. The van der Waals surface area contributed by atoms with Crippen LogP contribution in [0.15, 0.2) is 4.99 Å². The maximum absolute atomic E-state index is 3.94. The zero-order valence-corrected chi connectivity index (χ0v) is 5.89. The lowest BCUT2D eigenvalue weighted by Gasteiger charge is -2.15. The lowest BCUT2D eigenvalue weighted by atomic mass is 10.6. The summed E-state index contributed by atoms with van der Waals surface area (Å²) in [5.41, 5.74) is 2.92. The number of hydrogen-bond acceptors (Lipinski definition) is 2. The Labute approximate surface area is 50.4 Å². The summed E-state index contributed by atoms with van der Waals surface area (Å²) >= 11 is 0. The molecule has 0 radical (unpaired) electrons. The third-order valence-electron chi connectivity index (χ3n) is 1.14. The van der Waals surface area contributed by atoms with Crippen molar-refractivity contribution in [3.8, 4) is 0 Å². The maximum atomic E-state index is 3.94. The van der Waals surface area contributed by atoms with Gasteiger partial charge in [0.15, 0.2) is 0 Å². The molecular weight excluding hydrogens is 102 g/mol. The van der Waals surface area contributed by atoms with E-state index in [0.717, 1.165) is 5.84 Å². The molecule has 0 aliphatic rings. The molecule has 0 spiro atoms. The van der Waals surface area contributed by atoms with Crippen LogP contribution < -0.4 is 5.43 Å². The van der Waals surface area contributed by atoms with Crippen molar-refractivity contribution in [1.82, 2.24) is 10.4 Å². The molecule has 0 aliphatic heterocycles. The SMILES string of the molecule is C/N=C(/C)N(C)NC. The molecule has 0 fully saturated rings. The van der Waals surface area contributed by atoms with E-state index in [0.29, 0.717) is 0 Å². The summed E-state index contributed by atoms with van der Waals surface area (Å²) in [6.07, 6.45) is 0. The molecule has 3 heteroatoms. The monoisotopic (exact) mass is 115 g/mol. The fourth-order valence-corrected chi connectivity index (χ4v) is 0.312. The smallest absolute Gasteiger partial charge is 0.109 e. The van der Waals surface area contributed by atoms with Gasteiger partial charge in [0.1, 0.15) is 5.84 Å². The molecule has 0 atom stereocenters. The number of aliphatic imine (C=N–C) groups is 1. The van der Waals surface area contributed by atoms with Gasteiger partial charge < -0.3 is 0 Å². The average molecular weight is 115 g/mol. The maximum Gasteiger partial charge on any atom is 0.109 e. The summed E-state index contributed by atoms with van der Waals surface area (Å²) in [6, 6.07) is 0. The third-order valence-corrected chi connectivity index (χ3v) is 1.14. The van der Waals surface area contributed by atoms with E-state index >= 15 is 0 Å². The second-order valence-corrected chi connectivity index (χ2v) is 1.55. The molecule has 0 heterocycles. The number of hydrazine groups is 1. The van der Waals surface area contributed by atoms with Gasteiger partial charge in [-0.25, -0.2) is 5.43 Å². The van der Waals surface area contributed by atoms with E-state index in [1.54, 1.807) is 7.05 Å². The Hall–Kier alpha value is -0.570. The van der Waals surface area contributed by atoms with Crippen LogP contribution in [0.5, 0.6) is 0 Å². The lowest BCUT2D eigenvalue weighted by Crippen LogP contribution is -2.34. The van der Waals surface area contributed by atoms with Crippen LogP contribution >= 0.6 is 0 Å². The van der Waals surface area contributed by atoms with Crippen molar-refractivity contribution < 1.29 is 0 Å². The Morgan fingerprint density at radius 1 is 1.62 bits per heavy atom. The Bertz CT molecular complexity index is 87.7. The van der Waals surface area contributed by atoms with Crippen LogP contribution in [-0.2, 0) is 0 Å². The summed E-state index contributed by atoms with van der Waals surface area (Å²) in [6.45, 7) is 1.94. The van der Waals surface area contributed by atoms with Gasteiger partial charge in [0.05, 0.1) is 0 Å². The quantitative estimate of drug-likeness (QED) is 0.298. The number of nitrogens with zero attached hydrogens (tertiary/aromatic N) is 2. The van der Waals surface area contributed by atoms with Gasteiger partial charge in [0, 0.05) is 21.1 Å². The van der Waals surface area contributed by atoms with Gasteiger partial charge in [-0.3, -0.25) is 10.0 Å². The zero-order valence-electron chi connectivity index (χ0n) is 5.89. The van der Waals surface area contributed by atoms with Crippen LogP contribution in [0.25, 0.3) is 0 Å².